The van der Waals surface area contributed by atoms with E-state index in [4.69, 9.17) is 0 Å². The van der Waals surface area contributed by atoms with E-state index in [-0.39, 0.29) is 33.7 Å². The molecule has 0 radical (unpaired) electrons. The first kappa shape index (κ1) is 19.6. The van der Waals surface area contributed by atoms with Crippen molar-refractivity contribution in [3.05, 3.63) is 46.5 Å². The summed E-state index contributed by atoms with van der Waals surface area (Å²) in [5, 5.41) is 15.0. The Kier molecular flexibility index (Phi) is 5.49. The Morgan fingerprint density at radius 1 is 1.21 bits per heavy atom. The Labute approximate surface area is 160 Å². The van der Waals surface area contributed by atoms with Gasteiger partial charge >= 0.3 is 6.18 Å². The number of nitrogens with one attached hydrogen (secondary N) is 1. The van der Waals surface area contributed by atoms with Gasteiger partial charge in [-0.25, -0.2) is 4.68 Å². The van der Waals surface area contributed by atoms with Crippen molar-refractivity contribution in [2.75, 3.05) is 6.54 Å². The Balaban J connectivity index is 1.90. The molecule has 12 heteroatoms. The quantitative estimate of drug-likeness (QED) is 0.690. The molecule has 3 aromatic heterocycles. The molecule has 0 aliphatic carbocycles. The van der Waals surface area contributed by atoms with Crippen LogP contribution >= 0.6 is 11.3 Å². The molecule has 0 unspecified atom stereocenters. The van der Waals surface area contributed by atoms with Crippen molar-refractivity contribution in [1.29, 1.82) is 0 Å². The highest BCUT2D eigenvalue weighted by Crippen LogP contribution is 2.33. The summed E-state index contributed by atoms with van der Waals surface area (Å²) in [6.07, 6.45) is -2.54. The van der Waals surface area contributed by atoms with Crippen LogP contribution in [-0.4, -0.2) is 37.4 Å². The molecule has 0 aliphatic heterocycles. The van der Waals surface area contributed by atoms with Crippen LogP contribution in [0.15, 0.2) is 35.4 Å². The van der Waals surface area contributed by atoms with Crippen LogP contribution < -0.4 is 10.9 Å². The van der Waals surface area contributed by atoms with Gasteiger partial charge in [-0.2, -0.15) is 18.3 Å². The smallest absolute Gasteiger partial charge is 0.355 e. The summed E-state index contributed by atoms with van der Waals surface area (Å²) in [7, 11) is 0. The zero-order valence-electron chi connectivity index (χ0n) is 14.4. The largest absolute Gasteiger partial charge is 0.417 e. The summed E-state index contributed by atoms with van der Waals surface area (Å²) in [6.45, 7) is 1.90. The van der Waals surface area contributed by atoms with Gasteiger partial charge in [-0.3, -0.25) is 14.6 Å². The Morgan fingerprint density at radius 2 is 1.96 bits per heavy atom. The average Bonchev–Trinajstić information content (AvgIpc) is 3.13. The van der Waals surface area contributed by atoms with Crippen molar-refractivity contribution in [1.82, 2.24) is 30.3 Å². The lowest BCUT2D eigenvalue weighted by Crippen LogP contribution is -2.33. The fourth-order valence-corrected chi connectivity index (χ4v) is 3.01. The molecule has 1 N–H and O–H groups in total. The van der Waals surface area contributed by atoms with Gasteiger partial charge in [-0.05, 0) is 19.1 Å². The lowest BCUT2D eigenvalue weighted by molar-refractivity contribution is -0.137. The van der Waals surface area contributed by atoms with E-state index >= 15 is 0 Å². The van der Waals surface area contributed by atoms with E-state index in [1.54, 1.807) is 6.92 Å². The molecule has 3 rings (SSSR count). The monoisotopic (exact) mass is 410 g/mol. The number of alkyl halides is 3. The van der Waals surface area contributed by atoms with Crippen molar-refractivity contribution < 1.29 is 18.0 Å². The molecule has 0 aromatic carbocycles. The summed E-state index contributed by atoms with van der Waals surface area (Å²) in [5.41, 5.74) is -0.931. The topological polar surface area (TPSA) is 103 Å². The van der Waals surface area contributed by atoms with Gasteiger partial charge in [0, 0.05) is 30.6 Å². The van der Waals surface area contributed by atoms with Crippen LogP contribution in [0.2, 0.25) is 0 Å². The lowest BCUT2D eigenvalue weighted by atomic mass is 10.2. The second kappa shape index (κ2) is 7.84. The summed E-state index contributed by atoms with van der Waals surface area (Å²) >= 11 is 0.994. The number of carbonyl (C=O) groups excluding carboxylic acids is 1. The van der Waals surface area contributed by atoms with Gasteiger partial charge in [0.25, 0.3) is 5.56 Å². The van der Waals surface area contributed by atoms with Crippen LogP contribution in [0.3, 0.4) is 0 Å². The van der Waals surface area contributed by atoms with Gasteiger partial charge in [0.1, 0.15) is 17.2 Å². The van der Waals surface area contributed by atoms with Crippen LogP contribution in [0, 0.1) is 0 Å². The summed E-state index contributed by atoms with van der Waals surface area (Å²) in [6, 6.07) is 3.57. The molecule has 0 atom stereocenters. The van der Waals surface area contributed by atoms with E-state index < -0.39 is 17.3 Å². The van der Waals surface area contributed by atoms with Crippen LogP contribution in [0.1, 0.15) is 12.5 Å². The normalized spacial score (nSPS) is 11.4. The standard InChI is InChI=1S/C16H13F3N6O2S/c1-2-21-12(26)8-25-13(27)4-3-11(24-25)15-23-22-14(28-15)9-5-10(7-20-6-9)16(17,18)19/h3-7H,2,8H2,1H3,(H,21,26). The maximum atomic E-state index is 12.8. The number of aromatic nitrogens is 5. The molecule has 0 saturated carbocycles. The van der Waals surface area contributed by atoms with Gasteiger partial charge in [-0.1, -0.05) is 11.3 Å². The fraction of sp³-hybridized carbons (Fsp3) is 0.250. The highest BCUT2D eigenvalue weighted by atomic mass is 32.1. The summed E-state index contributed by atoms with van der Waals surface area (Å²) in [5.74, 6) is -0.373. The number of likely N-dealkylation sites (N-methyl/N-ethyl adjacent to an activating group) is 1. The van der Waals surface area contributed by atoms with Crippen LogP contribution in [0.4, 0.5) is 13.2 Å². The molecule has 3 heterocycles. The minimum absolute atomic E-state index is 0.161. The highest BCUT2D eigenvalue weighted by Gasteiger charge is 2.31. The minimum atomic E-state index is -4.52. The first-order chi connectivity index (χ1) is 13.3. The molecular weight excluding hydrogens is 397 g/mol. The zero-order chi connectivity index (χ0) is 20.3. The van der Waals surface area contributed by atoms with E-state index in [0.717, 1.165) is 28.3 Å². The molecule has 0 bridgehead atoms. The van der Waals surface area contributed by atoms with Crippen molar-refractivity contribution in [3.63, 3.8) is 0 Å². The van der Waals surface area contributed by atoms with Crippen LogP contribution in [0.5, 0.6) is 0 Å². The van der Waals surface area contributed by atoms with Crippen LogP contribution in [-0.2, 0) is 17.5 Å². The molecule has 0 fully saturated rings. The Bertz CT molecular complexity index is 1060. The van der Waals surface area contributed by atoms with E-state index in [2.05, 4.69) is 25.6 Å². The van der Waals surface area contributed by atoms with E-state index in [9.17, 15) is 22.8 Å². The molecule has 8 nitrogen and oxygen atoms in total. The van der Waals surface area contributed by atoms with Gasteiger partial charge in [0.05, 0.1) is 5.56 Å². The maximum absolute atomic E-state index is 12.8. The number of pyridine rings is 1. The molecule has 0 saturated heterocycles. The molecular formula is C16H13F3N6O2S. The number of carbonyl (C=O) groups is 1. The van der Waals surface area contributed by atoms with Crippen molar-refractivity contribution >= 4 is 17.2 Å². The van der Waals surface area contributed by atoms with Gasteiger partial charge in [0.15, 0.2) is 5.01 Å². The highest BCUT2D eigenvalue weighted by molar-refractivity contribution is 7.17. The van der Waals surface area contributed by atoms with Gasteiger partial charge in [0.2, 0.25) is 5.91 Å². The number of halogens is 3. The van der Waals surface area contributed by atoms with E-state index in [1.165, 1.54) is 18.3 Å². The zero-order valence-corrected chi connectivity index (χ0v) is 15.2. The molecule has 3 aromatic rings. The second-order valence-corrected chi connectivity index (χ2v) is 6.52. The molecule has 146 valence electrons. The maximum Gasteiger partial charge on any atom is 0.417 e. The summed E-state index contributed by atoms with van der Waals surface area (Å²) < 4.78 is 39.5. The number of amides is 1. The first-order valence-electron chi connectivity index (χ1n) is 7.99. The third-order valence-electron chi connectivity index (χ3n) is 3.49. The number of hydrogen-bond acceptors (Lipinski definition) is 7. The van der Waals surface area contributed by atoms with Crippen molar-refractivity contribution in [2.45, 2.75) is 19.6 Å². The van der Waals surface area contributed by atoms with Crippen molar-refractivity contribution in [3.8, 4) is 21.3 Å². The predicted octanol–water partition coefficient (Wildman–Crippen LogP) is 1.98. The third kappa shape index (κ3) is 4.39. The molecule has 0 aliphatic rings. The number of nitrogens with zero attached hydrogens (tertiary/aromatic N) is 5. The summed E-state index contributed by atoms with van der Waals surface area (Å²) in [4.78, 5) is 27.2. The van der Waals surface area contributed by atoms with Crippen LogP contribution in [0.25, 0.3) is 21.3 Å². The van der Waals surface area contributed by atoms with E-state index in [0.29, 0.717) is 6.54 Å². The predicted molar refractivity (Wildman–Crippen MR) is 94.3 cm³/mol. The second-order valence-electron chi connectivity index (χ2n) is 5.54. The Morgan fingerprint density at radius 3 is 2.68 bits per heavy atom. The van der Waals surface area contributed by atoms with Gasteiger partial charge in [-0.15, -0.1) is 10.2 Å². The fourth-order valence-electron chi connectivity index (χ4n) is 2.22. The SMILES string of the molecule is CCNC(=O)Cn1nc(-c2nnc(-c3cncc(C(F)(F)F)c3)s2)ccc1=O. The van der Waals surface area contributed by atoms with E-state index in [1.807, 2.05) is 0 Å². The average molecular weight is 410 g/mol. The lowest BCUT2D eigenvalue weighted by Gasteiger charge is -2.06. The minimum Gasteiger partial charge on any atom is -0.355 e. The van der Waals surface area contributed by atoms with Gasteiger partial charge < -0.3 is 5.32 Å². The Hall–Kier alpha value is -3.15. The molecule has 0 spiro atoms. The number of rotatable bonds is 5. The van der Waals surface area contributed by atoms with Crippen molar-refractivity contribution in [2.24, 2.45) is 0 Å². The first-order valence-corrected chi connectivity index (χ1v) is 8.81. The molecule has 1 amide bonds. The third-order valence-corrected chi connectivity index (χ3v) is 4.49. The number of hydrogen-bond donors (Lipinski definition) is 1. The molecule has 28 heavy (non-hydrogen) atoms.